The number of carbonyl (C=O) groups excluding carboxylic acids is 1. The Morgan fingerprint density at radius 3 is 2.57 bits per heavy atom. The molecule has 0 radical (unpaired) electrons. The predicted molar refractivity (Wildman–Crippen MR) is 82.7 cm³/mol. The fourth-order valence-electron chi connectivity index (χ4n) is 2.86. The Kier molecular flexibility index (Phi) is 4.25. The minimum atomic E-state index is -0.824. The number of nitrogens with zero attached hydrogens (tertiary/aromatic N) is 1. The predicted octanol–water partition coefficient (Wildman–Crippen LogP) is 2.61. The first-order chi connectivity index (χ1) is 11.1. The Hall–Kier alpha value is -2.47. The van der Waals surface area contributed by atoms with Gasteiger partial charge in [-0.15, -0.1) is 0 Å². The lowest BCUT2D eigenvalue weighted by Gasteiger charge is -2.36. The molecule has 5 nitrogen and oxygen atoms in total. The van der Waals surface area contributed by atoms with Crippen LogP contribution in [-0.2, 0) is 14.9 Å². The highest BCUT2D eigenvalue weighted by Crippen LogP contribution is 2.36. The van der Waals surface area contributed by atoms with Gasteiger partial charge in [0.1, 0.15) is 5.82 Å². The van der Waals surface area contributed by atoms with E-state index in [1.54, 1.807) is 18.2 Å². The van der Waals surface area contributed by atoms with E-state index in [4.69, 9.17) is 4.74 Å². The van der Waals surface area contributed by atoms with Gasteiger partial charge in [-0.05, 0) is 42.7 Å². The number of aromatic nitrogens is 1. The van der Waals surface area contributed by atoms with E-state index >= 15 is 0 Å². The quantitative estimate of drug-likeness (QED) is 0.913. The maximum Gasteiger partial charge on any atom is 0.236 e. The van der Waals surface area contributed by atoms with Crippen molar-refractivity contribution < 1.29 is 19.0 Å². The second-order valence-electron chi connectivity index (χ2n) is 5.53. The molecule has 120 valence electrons. The minimum absolute atomic E-state index is 0.0952. The molecule has 2 N–H and O–H groups in total. The number of benzene rings is 1. The molecule has 0 atom stereocenters. The number of pyridine rings is 1. The zero-order valence-electron chi connectivity index (χ0n) is 12.5. The molecule has 0 unspecified atom stereocenters. The van der Waals surface area contributed by atoms with Gasteiger partial charge in [-0.2, -0.15) is 0 Å². The van der Waals surface area contributed by atoms with Crippen LogP contribution in [-0.4, -0.2) is 29.2 Å². The number of hydrogen-bond acceptors (Lipinski definition) is 4. The van der Waals surface area contributed by atoms with Crippen LogP contribution in [0.15, 0.2) is 42.6 Å². The van der Waals surface area contributed by atoms with Gasteiger partial charge in [0.05, 0.1) is 5.41 Å². The van der Waals surface area contributed by atoms with Crippen LogP contribution in [0.4, 0.5) is 10.2 Å². The molecule has 6 heteroatoms. The summed E-state index contributed by atoms with van der Waals surface area (Å²) < 4.78 is 18.6. The Labute approximate surface area is 133 Å². The van der Waals surface area contributed by atoms with Crippen molar-refractivity contribution in [1.29, 1.82) is 0 Å². The summed E-state index contributed by atoms with van der Waals surface area (Å²) in [5.41, 5.74) is -0.0919. The highest BCUT2D eigenvalue weighted by molar-refractivity contribution is 5.99. The first-order valence-electron chi connectivity index (χ1n) is 7.41. The molecule has 1 aliphatic heterocycles. The highest BCUT2D eigenvalue weighted by Gasteiger charge is 2.42. The third kappa shape index (κ3) is 3.03. The van der Waals surface area contributed by atoms with E-state index in [-0.39, 0.29) is 23.3 Å². The number of ether oxygens (including phenoxy) is 1. The van der Waals surface area contributed by atoms with E-state index in [1.165, 1.54) is 24.4 Å². The van der Waals surface area contributed by atoms with Crippen molar-refractivity contribution >= 4 is 11.7 Å². The molecule has 0 spiro atoms. The van der Waals surface area contributed by atoms with Gasteiger partial charge in [0.15, 0.2) is 11.6 Å². The van der Waals surface area contributed by atoms with Crippen LogP contribution in [0.3, 0.4) is 0 Å². The van der Waals surface area contributed by atoms with Crippen LogP contribution in [0.25, 0.3) is 0 Å². The van der Waals surface area contributed by atoms with E-state index in [9.17, 15) is 14.3 Å². The SMILES string of the molecule is O=C(Nc1ncccc1O)C1(c2ccc(F)cc2)CCOCC1. The molecule has 1 aromatic heterocycles. The van der Waals surface area contributed by atoms with Crippen molar-refractivity contribution in [3.8, 4) is 5.75 Å². The van der Waals surface area contributed by atoms with E-state index in [0.717, 1.165) is 5.56 Å². The number of nitrogens with one attached hydrogen (secondary N) is 1. The van der Waals surface area contributed by atoms with Crippen LogP contribution >= 0.6 is 0 Å². The zero-order valence-corrected chi connectivity index (χ0v) is 12.5. The Balaban J connectivity index is 1.94. The molecule has 0 saturated carbocycles. The summed E-state index contributed by atoms with van der Waals surface area (Å²) in [4.78, 5) is 16.9. The standard InChI is InChI=1S/C17H17FN2O3/c18-13-5-3-12(4-6-13)17(7-10-23-11-8-17)16(22)20-15-14(21)2-1-9-19-15/h1-6,9,21H,7-8,10-11H2,(H,19,20,22). The van der Waals surface area contributed by atoms with Gasteiger partial charge in [0.25, 0.3) is 0 Å². The molecular weight excluding hydrogens is 299 g/mol. The van der Waals surface area contributed by atoms with Crippen molar-refractivity contribution in [3.05, 3.63) is 54.0 Å². The fourth-order valence-corrected chi connectivity index (χ4v) is 2.86. The normalized spacial score (nSPS) is 16.7. The first kappa shape index (κ1) is 15.4. The maximum atomic E-state index is 13.2. The van der Waals surface area contributed by atoms with Crippen LogP contribution in [0, 0.1) is 5.82 Å². The second-order valence-corrected chi connectivity index (χ2v) is 5.53. The molecule has 1 aliphatic rings. The van der Waals surface area contributed by atoms with Crippen LogP contribution < -0.4 is 5.32 Å². The molecule has 1 fully saturated rings. The van der Waals surface area contributed by atoms with Crippen LogP contribution in [0.2, 0.25) is 0 Å². The lowest BCUT2D eigenvalue weighted by molar-refractivity contribution is -0.125. The molecule has 1 aromatic carbocycles. The number of halogens is 1. The lowest BCUT2D eigenvalue weighted by atomic mass is 9.73. The number of hydrogen-bond donors (Lipinski definition) is 2. The van der Waals surface area contributed by atoms with Crippen molar-refractivity contribution in [2.45, 2.75) is 18.3 Å². The van der Waals surface area contributed by atoms with Gasteiger partial charge < -0.3 is 15.2 Å². The van der Waals surface area contributed by atoms with E-state index in [2.05, 4.69) is 10.3 Å². The van der Waals surface area contributed by atoms with Crippen molar-refractivity contribution in [2.24, 2.45) is 0 Å². The Morgan fingerprint density at radius 1 is 1.22 bits per heavy atom. The molecule has 0 aliphatic carbocycles. The van der Waals surface area contributed by atoms with Crippen molar-refractivity contribution in [2.75, 3.05) is 18.5 Å². The summed E-state index contributed by atoms with van der Waals surface area (Å²) in [5, 5.41) is 12.5. The summed E-state index contributed by atoms with van der Waals surface area (Å²) >= 11 is 0. The summed E-state index contributed by atoms with van der Waals surface area (Å²) in [6, 6.07) is 8.97. The largest absolute Gasteiger partial charge is 0.504 e. The molecule has 2 aromatic rings. The second kappa shape index (κ2) is 6.34. The monoisotopic (exact) mass is 316 g/mol. The van der Waals surface area contributed by atoms with E-state index < -0.39 is 5.41 Å². The number of amides is 1. The number of aromatic hydroxyl groups is 1. The van der Waals surface area contributed by atoms with Gasteiger partial charge in [-0.1, -0.05) is 12.1 Å². The van der Waals surface area contributed by atoms with Crippen LogP contribution in [0.5, 0.6) is 5.75 Å². The average Bonchev–Trinajstić information content (AvgIpc) is 2.58. The zero-order chi connectivity index (χ0) is 16.3. The molecule has 3 rings (SSSR count). The minimum Gasteiger partial charge on any atom is -0.504 e. The molecule has 2 heterocycles. The summed E-state index contributed by atoms with van der Waals surface area (Å²) in [6.45, 7) is 0.887. The third-order valence-corrected chi connectivity index (χ3v) is 4.20. The van der Waals surface area contributed by atoms with Gasteiger partial charge in [0.2, 0.25) is 5.91 Å². The van der Waals surface area contributed by atoms with Gasteiger partial charge in [0, 0.05) is 19.4 Å². The maximum absolute atomic E-state index is 13.2. The number of rotatable bonds is 3. The lowest BCUT2D eigenvalue weighted by Crippen LogP contribution is -2.45. The smallest absolute Gasteiger partial charge is 0.236 e. The van der Waals surface area contributed by atoms with Crippen LogP contribution in [0.1, 0.15) is 18.4 Å². The van der Waals surface area contributed by atoms with Gasteiger partial charge in [-0.3, -0.25) is 4.79 Å². The summed E-state index contributed by atoms with van der Waals surface area (Å²) in [5.74, 6) is -0.604. The Bertz CT molecular complexity index is 697. The summed E-state index contributed by atoms with van der Waals surface area (Å²) in [6.07, 6.45) is 2.46. The number of carbonyl (C=O) groups is 1. The molecule has 1 saturated heterocycles. The summed E-state index contributed by atoms with van der Waals surface area (Å²) in [7, 11) is 0. The molecule has 23 heavy (non-hydrogen) atoms. The fraction of sp³-hybridized carbons (Fsp3) is 0.294. The third-order valence-electron chi connectivity index (χ3n) is 4.20. The van der Waals surface area contributed by atoms with Crippen molar-refractivity contribution in [1.82, 2.24) is 4.98 Å². The molecular formula is C17H17FN2O3. The van der Waals surface area contributed by atoms with E-state index in [0.29, 0.717) is 26.1 Å². The first-order valence-corrected chi connectivity index (χ1v) is 7.41. The van der Waals surface area contributed by atoms with Gasteiger partial charge >= 0.3 is 0 Å². The van der Waals surface area contributed by atoms with Crippen molar-refractivity contribution in [3.63, 3.8) is 0 Å². The average molecular weight is 316 g/mol. The topological polar surface area (TPSA) is 71.5 Å². The highest BCUT2D eigenvalue weighted by atomic mass is 19.1. The van der Waals surface area contributed by atoms with Gasteiger partial charge in [-0.25, -0.2) is 9.37 Å². The molecule has 0 bridgehead atoms. The molecule has 1 amide bonds. The number of anilines is 1. The Morgan fingerprint density at radius 2 is 1.91 bits per heavy atom. The van der Waals surface area contributed by atoms with E-state index in [1.807, 2.05) is 0 Å².